The van der Waals surface area contributed by atoms with Crippen molar-refractivity contribution in [3.05, 3.63) is 23.8 Å². The average molecular weight is 206 g/mol. The van der Waals surface area contributed by atoms with Crippen molar-refractivity contribution in [2.24, 2.45) is 5.73 Å². The first-order chi connectivity index (χ1) is 7.26. The first-order valence-electron chi connectivity index (χ1n) is 5.40. The SMILES string of the molecule is COc1ccc2c(c1)N(C(C)CN)CC2. The molecule has 0 radical (unpaired) electrons. The third kappa shape index (κ3) is 1.79. The lowest BCUT2D eigenvalue weighted by atomic mass is 10.1. The summed E-state index contributed by atoms with van der Waals surface area (Å²) in [5.41, 5.74) is 8.39. The first-order valence-corrected chi connectivity index (χ1v) is 5.40. The number of nitrogens with two attached hydrogens (primary N) is 1. The van der Waals surface area contributed by atoms with E-state index in [2.05, 4.69) is 24.0 Å². The van der Waals surface area contributed by atoms with Crippen LogP contribution in [0.25, 0.3) is 0 Å². The van der Waals surface area contributed by atoms with E-state index in [0.29, 0.717) is 12.6 Å². The van der Waals surface area contributed by atoms with Crippen molar-refractivity contribution >= 4 is 5.69 Å². The van der Waals surface area contributed by atoms with Gasteiger partial charge in [0.05, 0.1) is 7.11 Å². The van der Waals surface area contributed by atoms with Gasteiger partial charge in [0, 0.05) is 30.9 Å². The predicted molar refractivity (Wildman–Crippen MR) is 62.6 cm³/mol. The van der Waals surface area contributed by atoms with Gasteiger partial charge in [0.25, 0.3) is 0 Å². The number of anilines is 1. The van der Waals surface area contributed by atoms with Gasteiger partial charge >= 0.3 is 0 Å². The number of rotatable bonds is 3. The molecule has 0 fully saturated rings. The molecule has 3 heteroatoms. The molecular weight excluding hydrogens is 188 g/mol. The van der Waals surface area contributed by atoms with E-state index in [1.54, 1.807) is 7.11 Å². The number of ether oxygens (including phenoxy) is 1. The fraction of sp³-hybridized carbons (Fsp3) is 0.500. The summed E-state index contributed by atoms with van der Waals surface area (Å²) in [6, 6.07) is 6.68. The average Bonchev–Trinajstić information content (AvgIpc) is 2.70. The fourth-order valence-electron chi connectivity index (χ4n) is 2.10. The van der Waals surface area contributed by atoms with Gasteiger partial charge in [-0.05, 0) is 25.0 Å². The second-order valence-corrected chi connectivity index (χ2v) is 4.02. The lowest BCUT2D eigenvalue weighted by Gasteiger charge is -2.26. The quantitative estimate of drug-likeness (QED) is 0.812. The summed E-state index contributed by atoms with van der Waals surface area (Å²) in [5, 5.41) is 0. The lowest BCUT2D eigenvalue weighted by molar-refractivity contribution is 0.414. The van der Waals surface area contributed by atoms with Gasteiger partial charge in [-0.3, -0.25) is 0 Å². The topological polar surface area (TPSA) is 38.5 Å². The highest BCUT2D eigenvalue weighted by Crippen LogP contribution is 2.32. The summed E-state index contributed by atoms with van der Waals surface area (Å²) in [4.78, 5) is 2.36. The highest BCUT2D eigenvalue weighted by Gasteiger charge is 2.22. The van der Waals surface area contributed by atoms with Crippen LogP contribution in [0.15, 0.2) is 18.2 Å². The summed E-state index contributed by atoms with van der Waals surface area (Å²) < 4.78 is 5.24. The Morgan fingerprint density at radius 3 is 3.00 bits per heavy atom. The molecule has 1 aromatic rings. The van der Waals surface area contributed by atoms with E-state index in [1.807, 2.05) is 6.07 Å². The summed E-state index contributed by atoms with van der Waals surface area (Å²) >= 11 is 0. The van der Waals surface area contributed by atoms with Crippen molar-refractivity contribution < 1.29 is 4.74 Å². The molecule has 0 saturated heterocycles. The molecular formula is C12H18N2O. The maximum atomic E-state index is 5.71. The second kappa shape index (κ2) is 4.11. The van der Waals surface area contributed by atoms with Crippen molar-refractivity contribution in [3.63, 3.8) is 0 Å². The highest BCUT2D eigenvalue weighted by atomic mass is 16.5. The third-order valence-electron chi connectivity index (χ3n) is 3.10. The molecule has 15 heavy (non-hydrogen) atoms. The van der Waals surface area contributed by atoms with Crippen LogP contribution >= 0.6 is 0 Å². The molecule has 2 N–H and O–H groups in total. The standard InChI is InChI=1S/C12H18N2O/c1-9(8-13)14-6-5-10-3-4-11(15-2)7-12(10)14/h3-4,7,9H,5-6,8,13H2,1-2H3. The van der Waals surface area contributed by atoms with Gasteiger partial charge in [0.1, 0.15) is 5.75 Å². The minimum atomic E-state index is 0.401. The van der Waals surface area contributed by atoms with Crippen LogP contribution in [-0.4, -0.2) is 26.2 Å². The zero-order chi connectivity index (χ0) is 10.8. The number of methoxy groups -OCH3 is 1. The van der Waals surface area contributed by atoms with Crippen molar-refractivity contribution in [2.75, 3.05) is 25.1 Å². The molecule has 1 aromatic carbocycles. The normalized spacial score (nSPS) is 16.3. The summed E-state index contributed by atoms with van der Waals surface area (Å²) in [7, 11) is 1.70. The number of hydrogen-bond acceptors (Lipinski definition) is 3. The van der Waals surface area contributed by atoms with Gasteiger partial charge in [0.15, 0.2) is 0 Å². The summed E-state index contributed by atoms with van der Waals surface area (Å²) in [6.45, 7) is 3.92. The van der Waals surface area contributed by atoms with E-state index < -0.39 is 0 Å². The van der Waals surface area contributed by atoms with Gasteiger partial charge in [-0.2, -0.15) is 0 Å². The Balaban J connectivity index is 2.31. The third-order valence-corrected chi connectivity index (χ3v) is 3.10. The lowest BCUT2D eigenvalue weighted by Crippen LogP contribution is -2.37. The van der Waals surface area contributed by atoms with Crippen LogP contribution in [0, 0.1) is 0 Å². The Kier molecular flexibility index (Phi) is 2.82. The monoisotopic (exact) mass is 206 g/mol. The van der Waals surface area contributed by atoms with Gasteiger partial charge in [-0.15, -0.1) is 0 Å². The van der Waals surface area contributed by atoms with Gasteiger partial charge in [-0.1, -0.05) is 6.07 Å². The number of benzene rings is 1. The first kappa shape index (κ1) is 10.3. The smallest absolute Gasteiger partial charge is 0.120 e. The summed E-state index contributed by atoms with van der Waals surface area (Å²) in [5.74, 6) is 0.921. The molecule has 2 rings (SSSR count). The molecule has 1 atom stereocenters. The number of hydrogen-bond donors (Lipinski definition) is 1. The van der Waals surface area contributed by atoms with E-state index >= 15 is 0 Å². The van der Waals surface area contributed by atoms with Gasteiger partial charge in [0.2, 0.25) is 0 Å². The second-order valence-electron chi connectivity index (χ2n) is 4.02. The Hall–Kier alpha value is -1.22. The minimum Gasteiger partial charge on any atom is -0.497 e. The van der Waals surface area contributed by atoms with Crippen LogP contribution in [0.2, 0.25) is 0 Å². The van der Waals surface area contributed by atoms with Crippen LogP contribution in [0.3, 0.4) is 0 Å². The van der Waals surface area contributed by atoms with Gasteiger partial charge < -0.3 is 15.4 Å². The largest absolute Gasteiger partial charge is 0.497 e. The van der Waals surface area contributed by atoms with E-state index in [4.69, 9.17) is 10.5 Å². The Morgan fingerprint density at radius 2 is 2.33 bits per heavy atom. The molecule has 0 amide bonds. The molecule has 0 saturated carbocycles. The molecule has 0 aliphatic carbocycles. The van der Waals surface area contributed by atoms with Crippen LogP contribution in [0.5, 0.6) is 5.75 Å². The van der Waals surface area contributed by atoms with E-state index in [0.717, 1.165) is 18.7 Å². The maximum Gasteiger partial charge on any atom is 0.120 e. The van der Waals surface area contributed by atoms with E-state index in [1.165, 1.54) is 11.3 Å². The number of fused-ring (bicyclic) bond motifs is 1. The van der Waals surface area contributed by atoms with Crippen LogP contribution in [0.4, 0.5) is 5.69 Å². The molecule has 1 heterocycles. The minimum absolute atomic E-state index is 0.401. The van der Waals surface area contributed by atoms with Crippen LogP contribution < -0.4 is 15.4 Å². The van der Waals surface area contributed by atoms with Crippen molar-refractivity contribution in [2.45, 2.75) is 19.4 Å². The van der Waals surface area contributed by atoms with Crippen molar-refractivity contribution in [1.82, 2.24) is 0 Å². The van der Waals surface area contributed by atoms with E-state index in [-0.39, 0.29) is 0 Å². The Bertz CT molecular complexity index is 351. The maximum absolute atomic E-state index is 5.71. The molecule has 1 unspecified atom stereocenters. The zero-order valence-electron chi connectivity index (χ0n) is 9.36. The van der Waals surface area contributed by atoms with Crippen molar-refractivity contribution in [1.29, 1.82) is 0 Å². The zero-order valence-corrected chi connectivity index (χ0v) is 9.36. The number of nitrogens with zero attached hydrogens (tertiary/aromatic N) is 1. The van der Waals surface area contributed by atoms with Gasteiger partial charge in [-0.25, -0.2) is 0 Å². The predicted octanol–water partition coefficient (Wildman–Crippen LogP) is 1.40. The van der Waals surface area contributed by atoms with Crippen LogP contribution in [-0.2, 0) is 6.42 Å². The summed E-state index contributed by atoms with van der Waals surface area (Å²) in [6.07, 6.45) is 1.11. The molecule has 1 aliphatic rings. The molecule has 0 bridgehead atoms. The van der Waals surface area contributed by atoms with Crippen LogP contribution in [0.1, 0.15) is 12.5 Å². The molecule has 0 aromatic heterocycles. The highest BCUT2D eigenvalue weighted by molar-refractivity contribution is 5.61. The van der Waals surface area contributed by atoms with E-state index in [9.17, 15) is 0 Å². The Labute approximate surface area is 90.8 Å². The molecule has 3 nitrogen and oxygen atoms in total. The molecule has 82 valence electrons. The molecule has 0 spiro atoms. The molecule has 1 aliphatic heterocycles. The Morgan fingerprint density at radius 1 is 1.53 bits per heavy atom. The van der Waals surface area contributed by atoms with Crippen molar-refractivity contribution in [3.8, 4) is 5.75 Å². The fourth-order valence-corrected chi connectivity index (χ4v) is 2.10.